The molecule has 1 aliphatic heterocycles. The Morgan fingerprint density at radius 3 is 2.62 bits per heavy atom. The second-order valence-electron chi connectivity index (χ2n) is 8.69. The third-order valence-electron chi connectivity index (χ3n) is 6.27. The number of phenolic OH excluding ortho intramolecular Hbond substituents is 1. The number of allylic oxidation sites excluding steroid dienone is 1. The highest BCUT2D eigenvalue weighted by Gasteiger charge is 2.35. The predicted octanol–water partition coefficient (Wildman–Crippen LogP) is 5.36. The van der Waals surface area contributed by atoms with Crippen LogP contribution in [-0.2, 0) is 10.5 Å². The number of thioether (sulfide) groups is 1. The van der Waals surface area contributed by atoms with Gasteiger partial charge in [-0.25, -0.2) is 9.07 Å². The molecule has 9 nitrogen and oxygen atoms in total. The Labute approximate surface area is 228 Å². The molecule has 0 aliphatic carbocycles. The summed E-state index contributed by atoms with van der Waals surface area (Å²) in [5.41, 5.74) is 2.65. The van der Waals surface area contributed by atoms with Gasteiger partial charge in [0.15, 0.2) is 11.5 Å². The van der Waals surface area contributed by atoms with Gasteiger partial charge in [0.05, 0.1) is 25.5 Å². The van der Waals surface area contributed by atoms with Crippen LogP contribution in [0.2, 0.25) is 0 Å². The summed E-state index contributed by atoms with van der Waals surface area (Å²) >= 11 is 1.28. The van der Waals surface area contributed by atoms with Crippen LogP contribution in [0.25, 0.3) is 0 Å². The Morgan fingerprint density at radius 2 is 1.85 bits per heavy atom. The minimum Gasteiger partial charge on any atom is -0.504 e. The van der Waals surface area contributed by atoms with E-state index in [4.69, 9.17) is 9.47 Å². The molecule has 2 heterocycles. The third-order valence-corrected chi connectivity index (χ3v) is 7.15. The van der Waals surface area contributed by atoms with Gasteiger partial charge in [-0.15, -0.1) is 5.10 Å². The van der Waals surface area contributed by atoms with E-state index in [-0.39, 0.29) is 23.2 Å². The van der Waals surface area contributed by atoms with Crippen LogP contribution in [0.3, 0.4) is 0 Å². The molecule has 3 aromatic carbocycles. The van der Waals surface area contributed by atoms with Crippen LogP contribution >= 0.6 is 11.8 Å². The summed E-state index contributed by atoms with van der Waals surface area (Å²) < 4.78 is 26.5. The van der Waals surface area contributed by atoms with Crippen LogP contribution in [0.4, 0.5) is 16.0 Å². The first-order chi connectivity index (χ1) is 18.9. The van der Waals surface area contributed by atoms with Gasteiger partial charge < -0.3 is 25.2 Å². The van der Waals surface area contributed by atoms with Crippen molar-refractivity contribution in [1.82, 2.24) is 14.8 Å². The summed E-state index contributed by atoms with van der Waals surface area (Å²) in [4.78, 5) is 18.4. The molecule has 0 radical (unpaired) electrons. The van der Waals surface area contributed by atoms with Gasteiger partial charge in [-0.2, -0.15) is 4.98 Å². The normalized spacial score (nSPS) is 14.4. The molecule has 1 aromatic heterocycles. The number of amides is 1. The largest absolute Gasteiger partial charge is 0.504 e. The van der Waals surface area contributed by atoms with Crippen LogP contribution in [-0.4, -0.2) is 40.0 Å². The zero-order chi connectivity index (χ0) is 27.5. The number of hydrogen-bond acceptors (Lipinski definition) is 8. The van der Waals surface area contributed by atoms with E-state index in [2.05, 4.69) is 20.7 Å². The zero-order valence-corrected chi connectivity index (χ0v) is 22.3. The summed E-state index contributed by atoms with van der Waals surface area (Å²) in [6, 6.07) is 17.8. The second-order valence-corrected chi connectivity index (χ2v) is 9.64. The molecule has 0 fully saturated rings. The molecular formula is C28H26FN5O4S. The van der Waals surface area contributed by atoms with Gasteiger partial charge in [-0.05, 0) is 48.4 Å². The average molecular weight is 548 g/mol. The number of halogens is 1. The van der Waals surface area contributed by atoms with Crippen molar-refractivity contribution in [3.63, 3.8) is 0 Å². The molecule has 0 saturated carbocycles. The first-order valence-corrected chi connectivity index (χ1v) is 13.0. The number of carbonyl (C=O) groups is 1. The molecular weight excluding hydrogens is 521 g/mol. The molecule has 5 rings (SSSR count). The molecule has 39 heavy (non-hydrogen) atoms. The SMILES string of the molecule is COc1cc(C2C(C(=O)Nc3ccccc3OC)=C(C)Nc3nc(SCc4ccccc4F)nn32)ccc1O. The van der Waals surface area contributed by atoms with Crippen molar-refractivity contribution in [1.29, 1.82) is 0 Å². The van der Waals surface area contributed by atoms with E-state index >= 15 is 0 Å². The smallest absolute Gasteiger partial charge is 0.255 e. The minimum absolute atomic E-state index is 0.0316. The molecule has 4 aromatic rings. The minimum atomic E-state index is -0.708. The lowest BCUT2D eigenvalue weighted by Crippen LogP contribution is -2.31. The van der Waals surface area contributed by atoms with Gasteiger partial charge in [0, 0.05) is 11.4 Å². The van der Waals surface area contributed by atoms with Crippen LogP contribution < -0.4 is 20.1 Å². The van der Waals surface area contributed by atoms with Gasteiger partial charge in [0.25, 0.3) is 5.91 Å². The molecule has 0 spiro atoms. The monoisotopic (exact) mass is 547 g/mol. The number of nitrogens with zero attached hydrogens (tertiary/aromatic N) is 3. The Hall–Kier alpha value is -4.51. The quantitative estimate of drug-likeness (QED) is 0.253. The molecule has 11 heteroatoms. The highest BCUT2D eigenvalue weighted by Crippen LogP contribution is 2.40. The lowest BCUT2D eigenvalue weighted by Gasteiger charge is -2.29. The molecule has 1 aliphatic rings. The topological polar surface area (TPSA) is 111 Å². The highest BCUT2D eigenvalue weighted by molar-refractivity contribution is 7.98. The fourth-order valence-corrected chi connectivity index (χ4v) is 5.17. The Bertz CT molecular complexity index is 1570. The van der Waals surface area contributed by atoms with E-state index in [1.165, 1.54) is 38.1 Å². The first-order valence-electron chi connectivity index (χ1n) is 12.0. The van der Waals surface area contributed by atoms with Gasteiger partial charge in [0.1, 0.15) is 17.6 Å². The number of aromatic nitrogens is 3. The lowest BCUT2D eigenvalue weighted by molar-refractivity contribution is -0.113. The molecule has 0 bridgehead atoms. The molecule has 1 amide bonds. The number of phenols is 1. The molecule has 1 atom stereocenters. The van der Waals surface area contributed by atoms with E-state index in [1.807, 2.05) is 6.07 Å². The Balaban J connectivity index is 1.54. The summed E-state index contributed by atoms with van der Waals surface area (Å²) in [5.74, 6) is 0.831. The fourth-order valence-electron chi connectivity index (χ4n) is 4.35. The first kappa shape index (κ1) is 26.1. The third kappa shape index (κ3) is 5.26. The van der Waals surface area contributed by atoms with Crippen LogP contribution in [0.15, 0.2) is 83.2 Å². The number of aromatic hydroxyl groups is 1. The van der Waals surface area contributed by atoms with Gasteiger partial charge in [-0.3, -0.25) is 4.79 Å². The fraction of sp³-hybridized carbons (Fsp3) is 0.179. The van der Waals surface area contributed by atoms with Gasteiger partial charge in [0.2, 0.25) is 11.1 Å². The van der Waals surface area contributed by atoms with Crippen LogP contribution in [0, 0.1) is 5.82 Å². The molecule has 0 saturated heterocycles. The van der Waals surface area contributed by atoms with E-state index in [0.717, 1.165) is 0 Å². The standard InChI is InChI=1S/C28H26FN5O4S/c1-16-24(26(36)31-20-10-6-7-11-22(20)37-2)25(17-12-13-21(35)23(14-17)38-3)34-27(30-16)32-28(33-34)39-15-18-8-4-5-9-19(18)29/h4-14,25,35H,15H2,1-3H3,(H,31,36)(H,30,32,33). The van der Waals surface area contributed by atoms with Crippen molar-refractivity contribution < 1.29 is 23.8 Å². The number of rotatable bonds is 8. The second kappa shape index (κ2) is 11.1. The predicted molar refractivity (Wildman–Crippen MR) is 147 cm³/mol. The van der Waals surface area contributed by atoms with E-state index in [0.29, 0.717) is 50.7 Å². The van der Waals surface area contributed by atoms with E-state index < -0.39 is 6.04 Å². The Morgan fingerprint density at radius 1 is 1.10 bits per heavy atom. The van der Waals surface area contributed by atoms with Gasteiger partial charge in [-0.1, -0.05) is 48.2 Å². The maximum absolute atomic E-state index is 14.2. The molecule has 3 N–H and O–H groups in total. The summed E-state index contributed by atoms with van der Waals surface area (Å²) in [6.07, 6.45) is 0. The van der Waals surface area contributed by atoms with Crippen molar-refractivity contribution >= 4 is 29.3 Å². The highest BCUT2D eigenvalue weighted by atomic mass is 32.2. The summed E-state index contributed by atoms with van der Waals surface area (Å²) in [7, 11) is 2.99. The lowest BCUT2D eigenvalue weighted by atomic mass is 9.94. The summed E-state index contributed by atoms with van der Waals surface area (Å²) in [6.45, 7) is 1.78. The van der Waals surface area contributed by atoms with Gasteiger partial charge >= 0.3 is 0 Å². The van der Waals surface area contributed by atoms with E-state index in [1.54, 1.807) is 60.1 Å². The van der Waals surface area contributed by atoms with E-state index in [9.17, 15) is 14.3 Å². The molecule has 200 valence electrons. The number of para-hydroxylation sites is 2. The van der Waals surface area contributed by atoms with Crippen molar-refractivity contribution in [3.8, 4) is 17.2 Å². The average Bonchev–Trinajstić information content (AvgIpc) is 3.34. The number of anilines is 2. The number of carbonyl (C=O) groups excluding carboxylic acids is 1. The number of hydrogen-bond donors (Lipinski definition) is 3. The number of methoxy groups -OCH3 is 2. The van der Waals surface area contributed by atoms with Crippen molar-refractivity contribution in [3.05, 3.63) is 94.9 Å². The van der Waals surface area contributed by atoms with Crippen LogP contribution in [0.5, 0.6) is 17.2 Å². The maximum Gasteiger partial charge on any atom is 0.255 e. The molecule has 1 unspecified atom stereocenters. The maximum atomic E-state index is 14.2. The van der Waals surface area contributed by atoms with Crippen molar-refractivity contribution in [2.75, 3.05) is 24.9 Å². The number of nitrogens with one attached hydrogen (secondary N) is 2. The number of ether oxygens (including phenoxy) is 2. The zero-order valence-electron chi connectivity index (χ0n) is 21.4. The summed E-state index contributed by atoms with van der Waals surface area (Å²) in [5, 5.41) is 21.4. The Kier molecular flexibility index (Phi) is 7.42. The number of fused-ring (bicyclic) bond motifs is 1. The van der Waals surface area contributed by atoms with Crippen LogP contribution in [0.1, 0.15) is 24.1 Å². The number of benzene rings is 3. The van der Waals surface area contributed by atoms with Crippen molar-refractivity contribution in [2.45, 2.75) is 23.9 Å². The van der Waals surface area contributed by atoms with Crippen molar-refractivity contribution in [2.24, 2.45) is 0 Å².